The number of unbranched alkanes of at least 4 members (excludes halogenated alkanes) is 1. The molecule has 1 aromatic carbocycles. The molecule has 1 heterocycles. The number of nitrogens with one attached hydrogen (secondary N) is 1. The maximum Gasteiger partial charge on any atom is 0.222 e. The minimum absolute atomic E-state index is 0.163. The van der Waals surface area contributed by atoms with Crippen LogP contribution in [0.15, 0.2) is 24.3 Å². The van der Waals surface area contributed by atoms with Crippen LogP contribution in [0.25, 0.3) is 0 Å². The second-order valence-corrected chi connectivity index (χ2v) is 8.29. The summed E-state index contributed by atoms with van der Waals surface area (Å²) in [4.78, 5) is 11.2. The van der Waals surface area contributed by atoms with E-state index in [0.717, 1.165) is 49.4 Å². The third kappa shape index (κ3) is 6.21. The lowest BCUT2D eigenvalue weighted by molar-refractivity contribution is 0.167. The molecule has 0 saturated carbocycles. The highest BCUT2D eigenvalue weighted by Gasteiger charge is 2.17. The van der Waals surface area contributed by atoms with Gasteiger partial charge in [0.05, 0.1) is 0 Å². The minimum atomic E-state index is 0.163. The fourth-order valence-electron chi connectivity index (χ4n) is 2.84. The first-order valence-electron chi connectivity index (χ1n) is 9.86. The predicted octanol–water partition coefficient (Wildman–Crippen LogP) is 4.40. The van der Waals surface area contributed by atoms with Gasteiger partial charge in [0.25, 0.3) is 0 Å². The molecular formula is C22H35N5. The second-order valence-electron chi connectivity index (χ2n) is 8.29. The Morgan fingerprint density at radius 1 is 1.07 bits per heavy atom. The zero-order valence-corrected chi connectivity index (χ0v) is 17.8. The number of nitrogens with two attached hydrogens (primary N) is 1. The number of hydrogen-bond donors (Lipinski definition) is 2. The molecular weight excluding hydrogens is 334 g/mol. The summed E-state index contributed by atoms with van der Waals surface area (Å²) < 4.78 is 0. The Balaban J connectivity index is 2.14. The molecule has 27 heavy (non-hydrogen) atoms. The smallest absolute Gasteiger partial charge is 0.222 e. The molecule has 0 saturated heterocycles. The van der Waals surface area contributed by atoms with Crippen LogP contribution in [0.5, 0.6) is 0 Å². The van der Waals surface area contributed by atoms with Gasteiger partial charge in [-0.25, -0.2) is 4.98 Å². The van der Waals surface area contributed by atoms with Crippen molar-refractivity contribution in [3.8, 4) is 0 Å². The number of anilines is 2. The van der Waals surface area contributed by atoms with Crippen LogP contribution in [-0.4, -0.2) is 34.0 Å². The summed E-state index contributed by atoms with van der Waals surface area (Å²) >= 11 is 0. The maximum atomic E-state index is 5.86. The quantitative estimate of drug-likeness (QED) is 0.675. The lowest BCUT2D eigenvalue weighted by atomic mass is 10.0. The Kier molecular flexibility index (Phi) is 7.19. The van der Waals surface area contributed by atoms with Crippen molar-refractivity contribution in [1.29, 1.82) is 0 Å². The average molecular weight is 370 g/mol. The highest BCUT2D eigenvalue weighted by atomic mass is 15.2. The van der Waals surface area contributed by atoms with Crippen LogP contribution < -0.4 is 11.1 Å². The summed E-state index contributed by atoms with van der Waals surface area (Å²) in [5, 5.41) is 3.43. The Hall–Kier alpha value is -2.14. The molecule has 0 radical (unpaired) electrons. The number of nitrogens with zero attached hydrogens (tertiary/aromatic N) is 3. The minimum Gasteiger partial charge on any atom is -0.370 e. The van der Waals surface area contributed by atoms with Gasteiger partial charge in [-0.15, -0.1) is 0 Å². The summed E-state index contributed by atoms with van der Waals surface area (Å²) in [6, 6.07) is 8.85. The highest BCUT2D eigenvalue weighted by molar-refractivity contribution is 5.51. The van der Waals surface area contributed by atoms with Crippen molar-refractivity contribution in [2.24, 2.45) is 0 Å². The standard InChI is InChI=1S/C22H35N5/c1-7-8-13-24-20-19(16(2)25-21(23)26-20)14-17-9-11-18(12-10-17)15-27(6)22(3,4)5/h9-12H,7-8,13-15H2,1-6H3,(H3,23,24,25,26). The SMILES string of the molecule is CCCCNc1nc(N)nc(C)c1Cc1ccc(CN(C)C(C)(C)C)cc1. The second kappa shape index (κ2) is 9.18. The summed E-state index contributed by atoms with van der Waals surface area (Å²) in [7, 11) is 2.16. The van der Waals surface area contributed by atoms with Crippen LogP contribution in [0.1, 0.15) is 62.9 Å². The van der Waals surface area contributed by atoms with Crippen LogP contribution in [0.3, 0.4) is 0 Å². The van der Waals surface area contributed by atoms with E-state index < -0.39 is 0 Å². The molecule has 1 aromatic heterocycles. The Labute approximate surface area is 164 Å². The van der Waals surface area contributed by atoms with E-state index in [0.29, 0.717) is 5.95 Å². The van der Waals surface area contributed by atoms with Crippen LogP contribution in [0.2, 0.25) is 0 Å². The molecule has 0 aliphatic carbocycles. The van der Waals surface area contributed by atoms with Crippen molar-refractivity contribution in [3.63, 3.8) is 0 Å². The zero-order chi connectivity index (χ0) is 20.0. The summed E-state index contributed by atoms with van der Waals surface area (Å²) in [6.07, 6.45) is 3.06. The summed E-state index contributed by atoms with van der Waals surface area (Å²) in [5.74, 6) is 1.20. The lowest BCUT2D eigenvalue weighted by Crippen LogP contribution is -2.37. The molecule has 0 bridgehead atoms. The van der Waals surface area contributed by atoms with Gasteiger partial charge in [-0.05, 0) is 52.3 Å². The first-order valence-corrected chi connectivity index (χ1v) is 9.86. The Morgan fingerprint density at radius 2 is 1.70 bits per heavy atom. The van der Waals surface area contributed by atoms with Gasteiger partial charge in [-0.1, -0.05) is 37.6 Å². The van der Waals surface area contributed by atoms with Gasteiger partial charge in [0.15, 0.2) is 0 Å². The van der Waals surface area contributed by atoms with Gasteiger partial charge in [-0.2, -0.15) is 4.98 Å². The van der Waals surface area contributed by atoms with E-state index in [1.807, 2.05) is 6.92 Å². The molecule has 0 atom stereocenters. The largest absolute Gasteiger partial charge is 0.370 e. The van der Waals surface area contributed by atoms with Crippen molar-refractivity contribution in [1.82, 2.24) is 14.9 Å². The monoisotopic (exact) mass is 369 g/mol. The predicted molar refractivity (Wildman–Crippen MR) is 115 cm³/mol. The molecule has 0 aliphatic heterocycles. The molecule has 5 heteroatoms. The normalized spacial score (nSPS) is 11.8. The molecule has 2 aromatic rings. The Bertz CT molecular complexity index is 732. The molecule has 0 unspecified atom stereocenters. The van der Waals surface area contributed by atoms with Gasteiger partial charge in [0, 0.05) is 36.3 Å². The van der Waals surface area contributed by atoms with E-state index in [-0.39, 0.29) is 5.54 Å². The number of rotatable bonds is 8. The lowest BCUT2D eigenvalue weighted by Gasteiger charge is -2.31. The van der Waals surface area contributed by atoms with Crippen molar-refractivity contribution in [2.45, 2.75) is 66.0 Å². The third-order valence-electron chi connectivity index (χ3n) is 5.02. The molecule has 148 valence electrons. The van der Waals surface area contributed by atoms with E-state index in [9.17, 15) is 0 Å². The van der Waals surface area contributed by atoms with Gasteiger partial charge in [-0.3, -0.25) is 4.90 Å². The van der Waals surface area contributed by atoms with Crippen molar-refractivity contribution >= 4 is 11.8 Å². The topological polar surface area (TPSA) is 67.1 Å². The highest BCUT2D eigenvalue weighted by Crippen LogP contribution is 2.22. The summed E-state index contributed by atoms with van der Waals surface area (Å²) in [5.41, 5.74) is 10.7. The number of nitrogen functional groups attached to an aromatic ring is 1. The van der Waals surface area contributed by atoms with E-state index in [4.69, 9.17) is 5.73 Å². The summed E-state index contributed by atoms with van der Waals surface area (Å²) in [6.45, 7) is 12.7. The van der Waals surface area contributed by atoms with Crippen LogP contribution in [0.4, 0.5) is 11.8 Å². The van der Waals surface area contributed by atoms with Crippen molar-refractivity contribution in [2.75, 3.05) is 24.6 Å². The van der Waals surface area contributed by atoms with Gasteiger partial charge in [0.1, 0.15) is 5.82 Å². The van der Waals surface area contributed by atoms with Gasteiger partial charge < -0.3 is 11.1 Å². The molecule has 0 spiro atoms. The first kappa shape index (κ1) is 21.2. The Morgan fingerprint density at radius 3 is 2.30 bits per heavy atom. The van der Waals surface area contributed by atoms with Crippen LogP contribution >= 0.6 is 0 Å². The van der Waals surface area contributed by atoms with E-state index >= 15 is 0 Å². The third-order valence-corrected chi connectivity index (χ3v) is 5.02. The van der Waals surface area contributed by atoms with E-state index in [1.165, 1.54) is 11.1 Å². The maximum absolute atomic E-state index is 5.86. The van der Waals surface area contributed by atoms with Gasteiger partial charge in [0.2, 0.25) is 5.95 Å². The van der Waals surface area contributed by atoms with Crippen molar-refractivity contribution < 1.29 is 0 Å². The first-order chi connectivity index (χ1) is 12.7. The van der Waals surface area contributed by atoms with Crippen LogP contribution in [-0.2, 0) is 13.0 Å². The average Bonchev–Trinajstić information content (AvgIpc) is 2.58. The number of hydrogen-bond acceptors (Lipinski definition) is 5. The van der Waals surface area contributed by atoms with E-state index in [2.05, 4.69) is 79.2 Å². The van der Waals surface area contributed by atoms with E-state index in [1.54, 1.807) is 0 Å². The molecule has 3 N–H and O–H groups in total. The van der Waals surface area contributed by atoms with Crippen molar-refractivity contribution in [3.05, 3.63) is 46.6 Å². The molecule has 5 nitrogen and oxygen atoms in total. The zero-order valence-electron chi connectivity index (χ0n) is 17.8. The van der Waals surface area contributed by atoms with Gasteiger partial charge >= 0.3 is 0 Å². The number of benzene rings is 1. The fourth-order valence-corrected chi connectivity index (χ4v) is 2.84. The number of aryl methyl sites for hydroxylation is 1. The molecule has 2 rings (SSSR count). The molecule has 0 amide bonds. The fraction of sp³-hybridized carbons (Fsp3) is 0.545. The number of aromatic nitrogens is 2. The molecule has 0 fully saturated rings. The molecule has 0 aliphatic rings. The van der Waals surface area contributed by atoms with Crippen LogP contribution in [0, 0.1) is 6.92 Å².